The van der Waals surface area contributed by atoms with Crippen LogP contribution in [0, 0.1) is 0 Å². The minimum Gasteiger partial charge on any atom is -0.394 e. The normalized spacial score (nSPS) is 12.6. The first-order valence-electron chi connectivity index (χ1n) is 8.54. The third-order valence-corrected chi connectivity index (χ3v) is 6.08. The molecule has 4 rings (SSSR count). The zero-order valence-corrected chi connectivity index (χ0v) is 17.3. The van der Waals surface area contributed by atoms with Gasteiger partial charge in [0.25, 0.3) is 5.56 Å². The van der Waals surface area contributed by atoms with Crippen molar-refractivity contribution in [1.82, 2.24) is 14.5 Å². The largest absolute Gasteiger partial charge is 0.394 e. The van der Waals surface area contributed by atoms with Crippen LogP contribution in [0.25, 0.3) is 26.1 Å². The van der Waals surface area contributed by atoms with E-state index in [1.807, 2.05) is 42.3 Å². The van der Waals surface area contributed by atoms with E-state index in [0.29, 0.717) is 15.0 Å². The number of aromatic nitrogens is 3. The predicted octanol–water partition coefficient (Wildman–Crippen LogP) is 2.55. The Labute approximate surface area is 172 Å². The monoisotopic (exact) mass is 460 g/mol. The van der Waals surface area contributed by atoms with Crippen molar-refractivity contribution in [2.75, 3.05) is 25.1 Å². The van der Waals surface area contributed by atoms with Crippen LogP contribution in [0.1, 0.15) is 0 Å². The number of halogens is 1. The molecule has 0 amide bonds. The van der Waals surface area contributed by atoms with Crippen molar-refractivity contribution in [1.29, 1.82) is 0 Å². The van der Waals surface area contributed by atoms with E-state index in [-0.39, 0.29) is 18.7 Å². The standard InChI is InChI=1S/C19H17BrN4O3S/c1-23(8-13(26)9-25)14-6-7-21-18-15(14)16-17(28-18)19(27)24(10-22-16)12-4-2-11(20)3-5-12/h2-7,10,13,25-26H,8-9H2,1H3. The number of pyridine rings is 1. The molecule has 144 valence electrons. The van der Waals surface area contributed by atoms with Crippen molar-refractivity contribution >= 4 is 53.4 Å². The van der Waals surface area contributed by atoms with Gasteiger partial charge in [0, 0.05) is 24.3 Å². The van der Waals surface area contributed by atoms with E-state index in [2.05, 4.69) is 25.9 Å². The van der Waals surface area contributed by atoms with Gasteiger partial charge >= 0.3 is 0 Å². The van der Waals surface area contributed by atoms with Crippen LogP contribution in [0.3, 0.4) is 0 Å². The average molecular weight is 461 g/mol. The summed E-state index contributed by atoms with van der Waals surface area (Å²) in [5.41, 5.74) is 1.97. The quantitative estimate of drug-likeness (QED) is 0.475. The molecule has 0 bridgehead atoms. The molecule has 3 aromatic heterocycles. The number of likely N-dealkylation sites (N-methyl/N-ethyl adjacent to an activating group) is 1. The molecule has 9 heteroatoms. The first-order chi connectivity index (χ1) is 13.5. The van der Waals surface area contributed by atoms with Crippen LogP contribution >= 0.6 is 27.3 Å². The second-order valence-corrected chi connectivity index (χ2v) is 8.32. The number of hydrogen-bond donors (Lipinski definition) is 2. The molecule has 0 radical (unpaired) electrons. The molecule has 1 unspecified atom stereocenters. The maximum atomic E-state index is 13.1. The molecule has 0 saturated heterocycles. The summed E-state index contributed by atoms with van der Waals surface area (Å²) in [5.74, 6) is 0. The number of fused-ring (bicyclic) bond motifs is 3. The number of aliphatic hydroxyl groups is 2. The van der Waals surface area contributed by atoms with E-state index in [9.17, 15) is 9.90 Å². The Morgan fingerprint density at radius 1 is 1.25 bits per heavy atom. The summed E-state index contributed by atoms with van der Waals surface area (Å²) in [6.07, 6.45) is 2.34. The van der Waals surface area contributed by atoms with E-state index >= 15 is 0 Å². The van der Waals surface area contributed by atoms with Gasteiger partial charge in [0.15, 0.2) is 0 Å². The van der Waals surface area contributed by atoms with Crippen LogP contribution < -0.4 is 10.5 Å². The lowest BCUT2D eigenvalue weighted by Crippen LogP contribution is -2.31. The van der Waals surface area contributed by atoms with Gasteiger partial charge in [-0.1, -0.05) is 15.9 Å². The predicted molar refractivity (Wildman–Crippen MR) is 115 cm³/mol. The number of thiophene rings is 1. The number of hydrogen-bond acceptors (Lipinski definition) is 7. The van der Waals surface area contributed by atoms with Gasteiger partial charge in [-0.2, -0.15) is 0 Å². The van der Waals surface area contributed by atoms with Gasteiger partial charge in [0.2, 0.25) is 0 Å². The molecule has 0 fully saturated rings. The topological polar surface area (TPSA) is 91.5 Å². The van der Waals surface area contributed by atoms with E-state index in [1.54, 1.807) is 6.20 Å². The summed E-state index contributed by atoms with van der Waals surface area (Å²) in [6.45, 7) is -0.0674. The summed E-state index contributed by atoms with van der Waals surface area (Å²) in [6, 6.07) is 9.26. The van der Waals surface area contributed by atoms with Crippen LogP contribution in [-0.2, 0) is 0 Å². The molecule has 2 N–H and O–H groups in total. The Hall–Kier alpha value is -2.33. The zero-order chi connectivity index (χ0) is 19.8. The Bertz CT molecular complexity index is 1210. The van der Waals surface area contributed by atoms with Crippen molar-refractivity contribution in [2.45, 2.75) is 6.10 Å². The molecule has 28 heavy (non-hydrogen) atoms. The Kier molecular flexibility index (Phi) is 5.15. The minimum atomic E-state index is -0.860. The van der Waals surface area contributed by atoms with Crippen LogP contribution in [0.15, 0.2) is 52.1 Å². The lowest BCUT2D eigenvalue weighted by Gasteiger charge is -2.22. The number of aliphatic hydroxyl groups excluding tert-OH is 2. The lowest BCUT2D eigenvalue weighted by atomic mass is 10.2. The maximum absolute atomic E-state index is 13.1. The van der Waals surface area contributed by atoms with Crippen LogP contribution in [0.4, 0.5) is 5.69 Å². The highest BCUT2D eigenvalue weighted by atomic mass is 79.9. The molecule has 3 heterocycles. The maximum Gasteiger partial charge on any atom is 0.275 e. The van der Waals surface area contributed by atoms with Gasteiger partial charge in [-0.05, 0) is 30.3 Å². The molecular weight excluding hydrogens is 444 g/mol. The smallest absolute Gasteiger partial charge is 0.275 e. The summed E-state index contributed by atoms with van der Waals surface area (Å²) < 4.78 is 2.97. The highest BCUT2D eigenvalue weighted by Gasteiger charge is 2.19. The summed E-state index contributed by atoms with van der Waals surface area (Å²) in [7, 11) is 1.82. The van der Waals surface area contributed by atoms with Crippen molar-refractivity contribution in [3.8, 4) is 5.69 Å². The third kappa shape index (κ3) is 3.30. The highest BCUT2D eigenvalue weighted by molar-refractivity contribution is 9.10. The number of rotatable bonds is 5. The van der Waals surface area contributed by atoms with Gasteiger partial charge in [-0.15, -0.1) is 11.3 Å². The van der Waals surface area contributed by atoms with E-state index < -0.39 is 6.10 Å². The molecule has 7 nitrogen and oxygen atoms in total. The second-order valence-electron chi connectivity index (χ2n) is 6.40. The van der Waals surface area contributed by atoms with Crippen molar-refractivity contribution in [2.24, 2.45) is 0 Å². The summed E-state index contributed by atoms with van der Waals surface area (Å²) in [5, 5.41) is 19.7. The Morgan fingerprint density at radius 3 is 2.71 bits per heavy atom. The first kappa shape index (κ1) is 19.0. The molecule has 0 spiro atoms. The molecule has 1 atom stereocenters. The van der Waals surface area contributed by atoms with E-state index in [0.717, 1.165) is 21.2 Å². The lowest BCUT2D eigenvalue weighted by molar-refractivity contribution is 0.101. The van der Waals surface area contributed by atoms with Gasteiger partial charge < -0.3 is 15.1 Å². The van der Waals surface area contributed by atoms with E-state index in [1.165, 1.54) is 22.2 Å². The average Bonchev–Trinajstić information content (AvgIpc) is 3.08. The number of anilines is 1. The summed E-state index contributed by atoms with van der Waals surface area (Å²) >= 11 is 4.70. The van der Waals surface area contributed by atoms with E-state index in [4.69, 9.17) is 5.11 Å². The molecule has 0 aliphatic rings. The second kappa shape index (κ2) is 7.59. The van der Waals surface area contributed by atoms with Gasteiger partial charge in [0.05, 0.1) is 29.5 Å². The van der Waals surface area contributed by atoms with Crippen molar-refractivity contribution in [3.63, 3.8) is 0 Å². The summed E-state index contributed by atoms with van der Waals surface area (Å²) in [4.78, 5) is 24.6. The SMILES string of the molecule is CN(CC(O)CO)c1ccnc2sc3c(=O)n(-c4ccc(Br)cc4)cnc3c12. The molecular formula is C19H17BrN4O3S. The molecule has 4 aromatic rings. The van der Waals surface area contributed by atoms with Crippen molar-refractivity contribution < 1.29 is 10.2 Å². The third-order valence-electron chi connectivity index (χ3n) is 4.47. The van der Waals surface area contributed by atoms with Crippen LogP contribution in [-0.4, -0.2) is 51.1 Å². The number of nitrogens with zero attached hydrogens (tertiary/aromatic N) is 4. The highest BCUT2D eigenvalue weighted by Crippen LogP contribution is 2.35. The van der Waals surface area contributed by atoms with Crippen molar-refractivity contribution in [3.05, 3.63) is 57.7 Å². The fourth-order valence-corrected chi connectivity index (χ4v) is 4.42. The molecule has 1 aromatic carbocycles. The van der Waals surface area contributed by atoms with Crippen LogP contribution in [0.5, 0.6) is 0 Å². The molecule has 0 aliphatic carbocycles. The fraction of sp³-hybridized carbons (Fsp3) is 0.211. The Morgan fingerprint density at radius 2 is 2.00 bits per heavy atom. The zero-order valence-electron chi connectivity index (χ0n) is 14.9. The first-order valence-corrected chi connectivity index (χ1v) is 10.2. The van der Waals surface area contributed by atoms with Gasteiger partial charge in [-0.25, -0.2) is 9.97 Å². The van der Waals surface area contributed by atoms with Gasteiger partial charge in [-0.3, -0.25) is 9.36 Å². The van der Waals surface area contributed by atoms with Crippen LogP contribution in [0.2, 0.25) is 0 Å². The molecule has 0 aliphatic heterocycles. The number of benzene rings is 1. The minimum absolute atomic E-state index is 0.153. The fourth-order valence-electron chi connectivity index (χ4n) is 3.11. The molecule has 0 saturated carbocycles. The Balaban J connectivity index is 1.89. The van der Waals surface area contributed by atoms with Gasteiger partial charge in [0.1, 0.15) is 21.4 Å².